The Bertz CT molecular complexity index is 257. The van der Waals surface area contributed by atoms with Gasteiger partial charge in [0, 0.05) is 12.1 Å². The lowest BCUT2D eigenvalue weighted by atomic mass is 9.74. The van der Waals surface area contributed by atoms with Crippen molar-refractivity contribution in [3.63, 3.8) is 0 Å². The van der Waals surface area contributed by atoms with Crippen molar-refractivity contribution in [2.45, 2.75) is 57.7 Å². The molecule has 2 bridgehead atoms. The molecule has 2 aliphatic heterocycles. The normalized spacial score (nSPS) is 35.9. The van der Waals surface area contributed by atoms with Crippen LogP contribution in [0.1, 0.15) is 40.0 Å². The third kappa shape index (κ3) is 2.17. The number of ether oxygens (including phenoxy) is 1. The van der Waals surface area contributed by atoms with E-state index < -0.39 is 0 Å². The highest BCUT2D eigenvalue weighted by molar-refractivity contribution is 5.73. The van der Waals surface area contributed by atoms with Gasteiger partial charge in [-0.1, -0.05) is 0 Å². The van der Waals surface area contributed by atoms with E-state index in [1.807, 2.05) is 20.8 Å². The molecule has 3 fully saturated rings. The van der Waals surface area contributed by atoms with Crippen LogP contribution in [0, 0.1) is 5.92 Å². The number of rotatable bonds is 1. The van der Waals surface area contributed by atoms with Crippen LogP contribution in [0.25, 0.3) is 0 Å². The topological polar surface area (TPSA) is 29.5 Å². The van der Waals surface area contributed by atoms with E-state index in [1.54, 1.807) is 0 Å². The molecular formula is C12H21NO2. The van der Waals surface area contributed by atoms with Gasteiger partial charge in [0.1, 0.15) is 5.60 Å². The molecule has 0 N–H and O–H groups in total. The van der Waals surface area contributed by atoms with Crippen LogP contribution in [0.2, 0.25) is 0 Å². The van der Waals surface area contributed by atoms with Gasteiger partial charge >= 0.3 is 5.97 Å². The van der Waals surface area contributed by atoms with E-state index in [0.29, 0.717) is 12.1 Å². The maximum absolute atomic E-state index is 11.8. The second kappa shape index (κ2) is 3.48. The van der Waals surface area contributed by atoms with Crippen LogP contribution in [-0.4, -0.2) is 35.6 Å². The van der Waals surface area contributed by atoms with E-state index in [0.717, 1.165) is 12.8 Å². The first kappa shape index (κ1) is 10.9. The average molecular weight is 211 g/mol. The molecule has 3 aliphatic rings. The summed E-state index contributed by atoms with van der Waals surface area (Å²) >= 11 is 0. The molecule has 0 amide bonds. The Morgan fingerprint density at radius 2 is 1.73 bits per heavy atom. The zero-order valence-electron chi connectivity index (χ0n) is 10.1. The Labute approximate surface area is 91.8 Å². The van der Waals surface area contributed by atoms with E-state index in [2.05, 4.69) is 11.9 Å². The molecule has 15 heavy (non-hydrogen) atoms. The van der Waals surface area contributed by atoms with Crippen molar-refractivity contribution in [2.24, 2.45) is 5.92 Å². The summed E-state index contributed by atoms with van der Waals surface area (Å²) < 4.78 is 5.42. The molecule has 1 saturated carbocycles. The van der Waals surface area contributed by atoms with Crippen LogP contribution >= 0.6 is 0 Å². The highest BCUT2D eigenvalue weighted by atomic mass is 16.6. The number of hydrogen-bond donors (Lipinski definition) is 0. The van der Waals surface area contributed by atoms with Crippen molar-refractivity contribution >= 4 is 5.97 Å². The molecule has 0 aromatic carbocycles. The molecular weight excluding hydrogens is 190 g/mol. The fourth-order valence-corrected chi connectivity index (χ4v) is 2.66. The van der Waals surface area contributed by atoms with Crippen molar-refractivity contribution in [1.82, 2.24) is 4.90 Å². The Balaban J connectivity index is 1.88. The molecule has 2 saturated heterocycles. The third-order valence-corrected chi connectivity index (χ3v) is 3.55. The first-order chi connectivity index (χ1) is 6.87. The van der Waals surface area contributed by atoms with Crippen molar-refractivity contribution in [1.29, 1.82) is 0 Å². The summed E-state index contributed by atoms with van der Waals surface area (Å²) in [5, 5.41) is 0. The predicted molar refractivity (Wildman–Crippen MR) is 58.5 cm³/mol. The summed E-state index contributed by atoms with van der Waals surface area (Å²) in [4.78, 5) is 14.2. The lowest BCUT2D eigenvalue weighted by molar-refractivity contribution is -0.166. The van der Waals surface area contributed by atoms with E-state index in [4.69, 9.17) is 4.74 Å². The molecule has 0 spiro atoms. The Hall–Kier alpha value is -0.570. The predicted octanol–water partition coefficient (Wildman–Crippen LogP) is 1.81. The lowest BCUT2D eigenvalue weighted by Gasteiger charge is -2.53. The minimum Gasteiger partial charge on any atom is -0.460 e. The van der Waals surface area contributed by atoms with Gasteiger partial charge in [-0.15, -0.1) is 0 Å². The summed E-state index contributed by atoms with van der Waals surface area (Å²) in [5.74, 6) is 0.148. The van der Waals surface area contributed by atoms with E-state index >= 15 is 0 Å². The summed E-state index contributed by atoms with van der Waals surface area (Å²) in [6, 6.07) is 1.25. The van der Waals surface area contributed by atoms with Gasteiger partial charge in [0.2, 0.25) is 0 Å². The quantitative estimate of drug-likeness (QED) is 0.619. The van der Waals surface area contributed by atoms with Gasteiger partial charge < -0.3 is 9.64 Å². The SMILES string of the molecule is CN1C2CC(C(=O)OC(C)(C)C)CC1C2. The molecule has 2 heterocycles. The number of carbonyl (C=O) groups excluding carboxylic acids is 1. The number of fused-ring (bicyclic) bond motifs is 2. The summed E-state index contributed by atoms with van der Waals surface area (Å²) in [7, 11) is 2.16. The van der Waals surface area contributed by atoms with Crippen molar-refractivity contribution in [3.05, 3.63) is 0 Å². The lowest BCUT2D eigenvalue weighted by Crippen LogP contribution is -2.59. The number of esters is 1. The minimum atomic E-state index is -0.343. The smallest absolute Gasteiger partial charge is 0.309 e. The van der Waals surface area contributed by atoms with Gasteiger partial charge in [0.15, 0.2) is 0 Å². The van der Waals surface area contributed by atoms with Crippen LogP contribution in [0.5, 0.6) is 0 Å². The maximum Gasteiger partial charge on any atom is 0.309 e. The van der Waals surface area contributed by atoms with Gasteiger partial charge in [0.05, 0.1) is 5.92 Å². The van der Waals surface area contributed by atoms with Crippen LogP contribution < -0.4 is 0 Å². The minimum absolute atomic E-state index is 0.00491. The fourth-order valence-electron chi connectivity index (χ4n) is 2.66. The Morgan fingerprint density at radius 1 is 1.20 bits per heavy atom. The molecule has 86 valence electrons. The molecule has 2 unspecified atom stereocenters. The van der Waals surface area contributed by atoms with Crippen molar-refractivity contribution in [2.75, 3.05) is 7.05 Å². The summed E-state index contributed by atoms with van der Waals surface area (Å²) in [6.45, 7) is 5.79. The van der Waals surface area contributed by atoms with Gasteiger partial charge in [-0.2, -0.15) is 0 Å². The molecule has 0 aromatic heterocycles. The summed E-state index contributed by atoms with van der Waals surface area (Å²) in [5.41, 5.74) is -0.343. The van der Waals surface area contributed by atoms with E-state index in [-0.39, 0.29) is 17.5 Å². The molecule has 3 rings (SSSR count). The van der Waals surface area contributed by atoms with Crippen molar-refractivity contribution in [3.8, 4) is 0 Å². The van der Waals surface area contributed by atoms with Gasteiger partial charge in [0.25, 0.3) is 0 Å². The fraction of sp³-hybridized carbons (Fsp3) is 0.917. The number of nitrogens with zero attached hydrogens (tertiary/aromatic N) is 1. The van der Waals surface area contributed by atoms with Crippen LogP contribution in [0.3, 0.4) is 0 Å². The number of carbonyl (C=O) groups is 1. The number of hydrogen-bond acceptors (Lipinski definition) is 3. The maximum atomic E-state index is 11.8. The molecule has 2 atom stereocenters. The van der Waals surface area contributed by atoms with Gasteiger partial charge in [-0.25, -0.2) is 0 Å². The Kier molecular flexibility index (Phi) is 2.53. The highest BCUT2D eigenvalue weighted by Crippen LogP contribution is 2.40. The Morgan fingerprint density at radius 3 is 2.13 bits per heavy atom. The molecule has 3 heteroatoms. The first-order valence-electron chi connectivity index (χ1n) is 5.81. The standard InChI is InChI=1S/C12H21NO2/c1-12(2,3)15-11(14)8-5-9-7-10(6-8)13(9)4/h8-10H,5-7H2,1-4H3. The zero-order valence-corrected chi connectivity index (χ0v) is 10.1. The largest absolute Gasteiger partial charge is 0.460 e. The van der Waals surface area contributed by atoms with Crippen LogP contribution in [0.4, 0.5) is 0 Å². The van der Waals surface area contributed by atoms with Gasteiger partial charge in [-0.3, -0.25) is 4.79 Å². The average Bonchev–Trinajstić information content (AvgIpc) is 2.14. The highest BCUT2D eigenvalue weighted by Gasteiger charge is 2.45. The van der Waals surface area contributed by atoms with E-state index in [9.17, 15) is 4.79 Å². The molecule has 0 radical (unpaired) electrons. The first-order valence-corrected chi connectivity index (χ1v) is 5.81. The second-order valence-corrected chi connectivity index (χ2v) is 5.91. The number of piperidine rings is 1. The van der Waals surface area contributed by atoms with E-state index in [1.165, 1.54) is 6.42 Å². The zero-order chi connectivity index (χ0) is 11.2. The monoisotopic (exact) mass is 211 g/mol. The second-order valence-electron chi connectivity index (χ2n) is 5.91. The third-order valence-electron chi connectivity index (χ3n) is 3.55. The van der Waals surface area contributed by atoms with Crippen LogP contribution in [-0.2, 0) is 9.53 Å². The molecule has 1 aliphatic carbocycles. The van der Waals surface area contributed by atoms with Crippen LogP contribution in [0.15, 0.2) is 0 Å². The summed E-state index contributed by atoms with van der Waals surface area (Å²) in [6.07, 6.45) is 3.25. The molecule has 3 nitrogen and oxygen atoms in total. The van der Waals surface area contributed by atoms with Crippen molar-refractivity contribution < 1.29 is 9.53 Å². The van der Waals surface area contributed by atoms with Gasteiger partial charge in [-0.05, 0) is 47.1 Å². The molecule has 0 aromatic rings.